The Morgan fingerprint density at radius 1 is 0.315 bits per heavy atom. The molecule has 2 rings (SSSR count). The molecule has 0 saturated heterocycles. The molecule has 2 aromatic carbocycles. The van der Waals surface area contributed by atoms with Crippen LogP contribution in [0.3, 0.4) is 0 Å². The highest BCUT2D eigenvalue weighted by molar-refractivity contribution is 5.94. The molecule has 73 heavy (non-hydrogen) atoms. The monoisotopic (exact) mass is 1020 g/mol. The molecule has 0 N–H and O–H groups in total. The van der Waals surface area contributed by atoms with Gasteiger partial charge in [0.1, 0.15) is 19.8 Å². The fourth-order valence-electron chi connectivity index (χ4n) is 6.80. The molecule has 0 aliphatic rings. The minimum absolute atomic E-state index is 0.0592. The van der Waals surface area contributed by atoms with Gasteiger partial charge in [-0.25, -0.2) is 19.2 Å². The van der Waals surface area contributed by atoms with Crippen molar-refractivity contribution in [3.8, 4) is 0 Å². The Morgan fingerprint density at radius 3 is 0.753 bits per heavy atom. The highest BCUT2D eigenvalue weighted by atomic mass is 16.6. The topological polar surface area (TPSA) is 179 Å². The van der Waals surface area contributed by atoms with Crippen LogP contribution in [-0.4, -0.2) is 156 Å². The van der Waals surface area contributed by atoms with Crippen LogP contribution in [0.25, 0.3) is 0 Å². The van der Waals surface area contributed by atoms with E-state index < -0.39 is 40.1 Å². The van der Waals surface area contributed by atoms with Crippen molar-refractivity contribution in [2.75, 3.05) is 132 Å². The highest BCUT2D eigenvalue weighted by Crippen LogP contribution is 2.28. The normalized spacial score (nSPS) is 11.4. The summed E-state index contributed by atoms with van der Waals surface area (Å²) in [6, 6.07) is 11.6. The first-order chi connectivity index (χ1) is 35.4. The molecule has 0 aromatic heterocycles. The first-order valence-electron chi connectivity index (χ1n) is 23.8. The standard InChI is InChI=1S/C57H76O16/c1-9-27-62-36-55(37-63-28-10-2,38-64-29-11-3)26-17-35-70-51(58)47-18-20-48(21-19-47)53(60)72-45-57(42-68-33-15-7,43-69-34-16-8)46-73-54(61)50-24-22-49(23-25-50)52(59)71-44-56(39-65-30-12-4,40-66-31-13-5)41-67-32-14-6/h9-16,18-25H,1-8,17,26-46H2. The van der Waals surface area contributed by atoms with Gasteiger partial charge in [-0.05, 0) is 61.4 Å². The number of esters is 4. The second kappa shape index (κ2) is 37.6. The van der Waals surface area contributed by atoms with Gasteiger partial charge < -0.3 is 56.8 Å². The predicted octanol–water partition coefficient (Wildman–Crippen LogP) is 8.37. The predicted molar refractivity (Wildman–Crippen MR) is 279 cm³/mol. The van der Waals surface area contributed by atoms with Gasteiger partial charge in [0.25, 0.3) is 0 Å². The van der Waals surface area contributed by atoms with E-state index in [9.17, 15) is 19.2 Å². The third kappa shape index (κ3) is 24.9. The maximum absolute atomic E-state index is 13.5. The highest BCUT2D eigenvalue weighted by Gasteiger charge is 2.37. The third-order valence-corrected chi connectivity index (χ3v) is 10.5. The van der Waals surface area contributed by atoms with Gasteiger partial charge in [-0.2, -0.15) is 0 Å². The molecule has 0 radical (unpaired) electrons. The molecule has 0 unspecified atom stereocenters. The Bertz CT molecular complexity index is 1920. The van der Waals surface area contributed by atoms with E-state index in [4.69, 9.17) is 56.8 Å². The average Bonchev–Trinajstić information content (AvgIpc) is 3.40. The quantitative estimate of drug-likeness (QED) is 0.0267. The van der Waals surface area contributed by atoms with Crippen molar-refractivity contribution in [1.29, 1.82) is 0 Å². The number of hydrogen-bond donors (Lipinski definition) is 0. The minimum atomic E-state index is -1.19. The van der Waals surface area contributed by atoms with Gasteiger partial charge in [0, 0.05) is 5.41 Å². The fraction of sp³-hybridized carbons (Fsp3) is 0.439. The SMILES string of the molecule is C=CCOCC(CCCOC(=O)c1ccc(C(=O)OCC(COCC=C)(COCC=C)COC(=O)c2ccc(C(=O)OCC(COCC=C)(COCC=C)COCC=C)cc2)cc1)(COCC=C)COCC=C. The van der Waals surface area contributed by atoms with Crippen molar-refractivity contribution in [3.63, 3.8) is 0 Å². The Morgan fingerprint density at radius 2 is 0.521 bits per heavy atom. The zero-order valence-electron chi connectivity index (χ0n) is 42.5. The summed E-state index contributed by atoms with van der Waals surface area (Å²) in [6.45, 7) is 32.5. The van der Waals surface area contributed by atoms with Gasteiger partial charge in [-0.1, -0.05) is 48.6 Å². The minimum Gasteiger partial charge on any atom is -0.462 e. The smallest absolute Gasteiger partial charge is 0.338 e. The number of carbonyl (C=O) groups excluding carboxylic acids is 4. The summed E-state index contributed by atoms with van der Waals surface area (Å²) in [5, 5.41) is 0. The number of rotatable bonds is 46. The largest absolute Gasteiger partial charge is 0.462 e. The van der Waals surface area contributed by atoms with Crippen molar-refractivity contribution < 1.29 is 76.0 Å². The molecule has 2 aromatic rings. The second-order valence-corrected chi connectivity index (χ2v) is 17.1. The van der Waals surface area contributed by atoms with Gasteiger partial charge in [0.15, 0.2) is 0 Å². The van der Waals surface area contributed by atoms with Crippen molar-refractivity contribution in [3.05, 3.63) is 172 Å². The van der Waals surface area contributed by atoms with Crippen LogP contribution in [0.2, 0.25) is 0 Å². The number of hydrogen-bond acceptors (Lipinski definition) is 16. The zero-order valence-corrected chi connectivity index (χ0v) is 42.5. The summed E-state index contributed by atoms with van der Waals surface area (Å²) in [5.41, 5.74) is -1.89. The lowest BCUT2D eigenvalue weighted by atomic mass is 9.85. The maximum Gasteiger partial charge on any atom is 0.338 e. The molecule has 0 aliphatic heterocycles. The lowest BCUT2D eigenvalue weighted by molar-refractivity contribution is -0.0865. The number of carbonyl (C=O) groups is 4. The van der Waals surface area contributed by atoms with Crippen LogP contribution < -0.4 is 0 Å². The molecule has 16 heteroatoms. The molecule has 400 valence electrons. The van der Waals surface area contributed by atoms with E-state index in [-0.39, 0.29) is 115 Å². The lowest BCUT2D eigenvalue weighted by Crippen LogP contribution is -2.43. The van der Waals surface area contributed by atoms with E-state index in [0.29, 0.717) is 52.5 Å². The van der Waals surface area contributed by atoms with E-state index in [1.54, 1.807) is 48.6 Å². The summed E-state index contributed by atoms with van der Waals surface area (Å²) in [4.78, 5) is 53.3. The van der Waals surface area contributed by atoms with Gasteiger partial charge in [0.05, 0.1) is 145 Å². The van der Waals surface area contributed by atoms with Gasteiger partial charge >= 0.3 is 23.9 Å². The fourth-order valence-corrected chi connectivity index (χ4v) is 6.80. The van der Waals surface area contributed by atoms with Crippen LogP contribution >= 0.6 is 0 Å². The van der Waals surface area contributed by atoms with Crippen molar-refractivity contribution in [2.24, 2.45) is 16.2 Å². The van der Waals surface area contributed by atoms with Crippen LogP contribution in [0.1, 0.15) is 54.3 Å². The Balaban J connectivity index is 2.16. The van der Waals surface area contributed by atoms with Crippen molar-refractivity contribution in [1.82, 2.24) is 0 Å². The summed E-state index contributed by atoms with van der Waals surface area (Å²) >= 11 is 0. The van der Waals surface area contributed by atoms with Crippen molar-refractivity contribution in [2.45, 2.75) is 12.8 Å². The van der Waals surface area contributed by atoms with Crippen LogP contribution in [0.4, 0.5) is 0 Å². The summed E-state index contributed by atoms with van der Waals surface area (Å²) in [7, 11) is 0. The van der Waals surface area contributed by atoms with E-state index in [1.165, 1.54) is 48.5 Å². The van der Waals surface area contributed by atoms with E-state index in [0.717, 1.165) is 0 Å². The molecule has 0 heterocycles. The van der Waals surface area contributed by atoms with Gasteiger partial charge in [0.2, 0.25) is 0 Å². The molecule has 0 amide bonds. The van der Waals surface area contributed by atoms with Crippen LogP contribution in [0, 0.1) is 16.2 Å². The maximum atomic E-state index is 13.5. The van der Waals surface area contributed by atoms with E-state index in [2.05, 4.69) is 52.6 Å². The van der Waals surface area contributed by atoms with E-state index in [1.807, 2.05) is 0 Å². The molecule has 0 bridgehead atoms. The molecule has 0 atom stereocenters. The number of benzene rings is 2. The third-order valence-electron chi connectivity index (χ3n) is 10.5. The van der Waals surface area contributed by atoms with Gasteiger partial charge in [-0.3, -0.25) is 0 Å². The summed E-state index contributed by atoms with van der Waals surface area (Å²) in [5.74, 6) is -2.67. The molecular formula is C57H76O16. The Labute approximate surface area is 431 Å². The second-order valence-electron chi connectivity index (χ2n) is 17.1. The van der Waals surface area contributed by atoms with Crippen LogP contribution in [0.5, 0.6) is 0 Å². The zero-order chi connectivity index (χ0) is 53.5. The first kappa shape index (κ1) is 63.0. The molecule has 0 fully saturated rings. The molecular weight excluding hydrogens is 941 g/mol. The molecule has 0 spiro atoms. The van der Waals surface area contributed by atoms with E-state index >= 15 is 0 Å². The number of ether oxygens (including phenoxy) is 12. The Hall–Kier alpha value is -6.08. The average molecular weight is 1020 g/mol. The lowest BCUT2D eigenvalue weighted by Gasteiger charge is -2.33. The van der Waals surface area contributed by atoms with Crippen molar-refractivity contribution >= 4 is 23.9 Å². The van der Waals surface area contributed by atoms with Crippen LogP contribution in [-0.2, 0) is 56.8 Å². The molecule has 16 nitrogen and oxygen atoms in total. The molecule has 0 aliphatic carbocycles. The first-order valence-corrected chi connectivity index (χ1v) is 23.8. The Kier molecular flexibility index (Phi) is 32.5. The molecule has 0 saturated carbocycles. The summed E-state index contributed by atoms with van der Waals surface area (Å²) < 4.78 is 69.2. The van der Waals surface area contributed by atoms with Crippen LogP contribution in [0.15, 0.2) is 150 Å². The summed E-state index contributed by atoms with van der Waals surface area (Å²) in [6.07, 6.45) is 14.0. The van der Waals surface area contributed by atoms with Gasteiger partial charge in [-0.15, -0.1) is 52.6 Å².